The van der Waals surface area contributed by atoms with Gasteiger partial charge in [0.1, 0.15) is 5.69 Å². The molecule has 126 valence electrons. The zero-order valence-corrected chi connectivity index (χ0v) is 14.2. The van der Waals surface area contributed by atoms with Crippen LogP contribution in [0.3, 0.4) is 0 Å². The van der Waals surface area contributed by atoms with Gasteiger partial charge in [-0.05, 0) is 43.7 Å². The van der Waals surface area contributed by atoms with E-state index in [1.807, 2.05) is 56.3 Å². The first-order valence-electron chi connectivity index (χ1n) is 7.98. The maximum atomic E-state index is 12.4. The summed E-state index contributed by atoms with van der Waals surface area (Å²) in [5, 5.41) is 5.99. The third kappa shape index (κ3) is 4.38. The van der Waals surface area contributed by atoms with Crippen molar-refractivity contribution in [2.75, 3.05) is 5.32 Å². The Kier molecular flexibility index (Phi) is 4.99. The number of carbonyl (C=O) groups is 1. The monoisotopic (exact) mass is 333 g/mol. The number of benzene rings is 1. The van der Waals surface area contributed by atoms with Gasteiger partial charge in [-0.2, -0.15) is 0 Å². The lowest BCUT2D eigenvalue weighted by molar-refractivity contribution is 0.0945. The predicted octanol–water partition coefficient (Wildman–Crippen LogP) is 3.16. The number of hydrogen-bond donors (Lipinski definition) is 2. The van der Waals surface area contributed by atoms with Crippen molar-refractivity contribution < 1.29 is 4.79 Å². The van der Waals surface area contributed by atoms with E-state index in [1.165, 1.54) is 0 Å². The first-order chi connectivity index (χ1) is 12.1. The van der Waals surface area contributed by atoms with Crippen molar-refractivity contribution in [3.8, 4) is 0 Å². The summed E-state index contributed by atoms with van der Waals surface area (Å²) in [4.78, 5) is 25.3. The van der Waals surface area contributed by atoms with Crippen LogP contribution in [0, 0.1) is 13.8 Å². The highest BCUT2D eigenvalue weighted by molar-refractivity contribution is 5.92. The van der Waals surface area contributed by atoms with Crippen LogP contribution in [0.1, 0.15) is 27.4 Å². The number of aryl methyl sites for hydroxylation is 2. The summed E-state index contributed by atoms with van der Waals surface area (Å²) in [7, 11) is 0. The van der Waals surface area contributed by atoms with Crippen molar-refractivity contribution in [3.63, 3.8) is 0 Å². The molecule has 6 nitrogen and oxygen atoms in total. The lowest BCUT2D eigenvalue weighted by atomic mass is 10.2. The average molecular weight is 333 g/mol. The molecule has 3 aromatic rings. The summed E-state index contributed by atoms with van der Waals surface area (Å²) in [5.41, 5.74) is 3.81. The third-order valence-corrected chi connectivity index (χ3v) is 3.63. The van der Waals surface area contributed by atoms with E-state index >= 15 is 0 Å². The molecule has 0 aliphatic rings. The van der Waals surface area contributed by atoms with Crippen LogP contribution in [0.4, 0.5) is 11.6 Å². The van der Waals surface area contributed by atoms with Crippen molar-refractivity contribution in [1.29, 1.82) is 0 Å². The van der Waals surface area contributed by atoms with Gasteiger partial charge in [-0.25, -0.2) is 9.97 Å². The minimum absolute atomic E-state index is 0.260. The van der Waals surface area contributed by atoms with E-state index in [-0.39, 0.29) is 5.91 Å². The van der Waals surface area contributed by atoms with Gasteiger partial charge >= 0.3 is 0 Å². The zero-order valence-electron chi connectivity index (χ0n) is 14.2. The lowest BCUT2D eigenvalue weighted by Crippen LogP contribution is -2.24. The number of anilines is 2. The number of hydrogen-bond acceptors (Lipinski definition) is 5. The Morgan fingerprint density at radius 2 is 1.84 bits per heavy atom. The van der Waals surface area contributed by atoms with Crippen LogP contribution < -0.4 is 10.6 Å². The molecule has 0 spiro atoms. The molecule has 0 unspecified atom stereocenters. The molecule has 1 amide bonds. The van der Waals surface area contributed by atoms with E-state index in [0.717, 1.165) is 16.9 Å². The first-order valence-corrected chi connectivity index (χ1v) is 7.98. The summed E-state index contributed by atoms with van der Waals surface area (Å²) in [5.74, 6) is 0.140. The molecule has 1 aromatic carbocycles. The molecule has 0 atom stereocenters. The van der Waals surface area contributed by atoms with Crippen molar-refractivity contribution in [2.24, 2.45) is 0 Å². The number of nitrogens with zero attached hydrogens (tertiary/aromatic N) is 3. The highest BCUT2D eigenvalue weighted by Crippen LogP contribution is 2.18. The van der Waals surface area contributed by atoms with Crippen LogP contribution in [0.25, 0.3) is 0 Å². The van der Waals surface area contributed by atoms with E-state index in [9.17, 15) is 4.79 Å². The first kappa shape index (κ1) is 16.6. The fourth-order valence-corrected chi connectivity index (χ4v) is 2.34. The molecule has 25 heavy (non-hydrogen) atoms. The SMILES string of the molecule is Cc1cc(C(=O)NCc2ccccn2)nc(Nc2ccccc2C)n1. The Morgan fingerprint density at radius 1 is 1.04 bits per heavy atom. The number of rotatable bonds is 5. The van der Waals surface area contributed by atoms with Crippen LogP contribution in [-0.2, 0) is 6.54 Å². The van der Waals surface area contributed by atoms with Gasteiger partial charge < -0.3 is 10.6 Å². The molecule has 0 aliphatic heterocycles. The van der Waals surface area contributed by atoms with Crippen molar-refractivity contribution in [2.45, 2.75) is 20.4 Å². The second kappa shape index (κ2) is 7.53. The minimum Gasteiger partial charge on any atom is -0.345 e. The van der Waals surface area contributed by atoms with Crippen LogP contribution in [-0.4, -0.2) is 20.9 Å². The van der Waals surface area contributed by atoms with Crippen LogP contribution >= 0.6 is 0 Å². The van der Waals surface area contributed by atoms with Crippen LogP contribution in [0.15, 0.2) is 54.7 Å². The number of amides is 1. The second-order valence-electron chi connectivity index (χ2n) is 5.66. The van der Waals surface area contributed by atoms with Crippen molar-refractivity contribution in [3.05, 3.63) is 77.4 Å². The Bertz CT molecular complexity index is 880. The topological polar surface area (TPSA) is 79.8 Å². The number of carbonyl (C=O) groups excluding carboxylic acids is 1. The standard InChI is InChI=1S/C19H19N5O/c1-13-7-3-4-9-16(13)23-19-22-14(2)11-17(24-19)18(25)21-12-15-8-5-6-10-20-15/h3-11H,12H2,1-2H3,(H,21,25)(H,22,23,24). The quantitative estimate of drug-likeness (QED) is 0.750. The maximum absolute atomic E-state index is 12.4. The van der Waals surface area contributed by atoms with Gasteiger partial charge in [-0.15, -0.1) is 0 Å². The minimum atomic E-state index is -0.260. The molecule has 2 N–H and O–H groups in total. The molecule has 0 saturated heterocycles. The predicted molar refractivity (Wildman–Crippen MR) is 96.6 cm³/mol. The van der Waals surface area contributed by atoms with Crippen molar-refractivity contribution >= 4 is 17.5 Å². The van der Waals surface area contributed by atoms with E-state index < -0.39 is 0 Å². The Hall–Kier alpha value is -3.28. The molecule has 0 bridgehead atoms. The maximum Gasteiger partial charge on any atom is 0.270 e. The Labute approximate surface area is 146 Å². The van der Waals surface area contributed by atoms with Gasteiger partial charge in [0, 0.05) is 17.6 Å². The smallest absolute Gasteiger partial charge is 0.270 e. The lowest BCUT2D eigenvalue weighted by Gasteiger charge is -2.10. The summed E-state index contributed by atoms with van der Waals surface area (Å²) in [6, 6.07) is 15.1. The van der Waals surface area contributed by atoms with Gasteiger partial charge in [-0.3, -0.25) is 9.78 Å². The highest BCUT2D eigenvalue weighted by atomic mass is 16.1. The fraction of sp³-hybridized carbons (Fsp3) is 0.158. The molecule has 0 radical (unpaired) electrons. The normalized spacial score (nSPS) is 10.3. The largest absolute Gasteiger partial charge is 0.345 e. The molecule has 0 fully saturated rings. The summed E-state index contributed by atoms with van der Waals surface area (Å²) in [6.07, 6.45) is 1.69. The molecule has 0 aliphatic carbocycles. The van der Waals surface area contributed by atoms with Gasteiger partial charge in [-0.1, -0.05) is 24.3 Å². The number of para-hydroxylation sites is 1. The van der Waals surface area contributed by atoms with Gasteiger partial charge in [0.25, 0.3) is 5.91 Å². The molecular formula is C19H19N5O. The third-order valence-electron chi connectivity index (χ3n) is 3.63. The number of pyridine rings is 1. The zero-order chi connectivity index (χ0) is 17.6. The van der Waals surface area contributed by atoms with E-state index in [4.69, 9.17) is 0 Å². The Morgan fingerprint density at radius 3 is 2.60 bits per heavy atom. The van der Waals surface area contributed by atoms with Gasteiger partial charge in [0.15, 0.2) is 0 Å². The summed E-state index contributed by atoms with van der Waals surface area (Å²) in [6.45, 7) is 4.18. The molecule has 0 saturated carbocycles. The van der Waals surface area contributed by atoms with Crippen LogP contribution in [0.2, 0.25) is 0 Å². The van der Waals surface area contributed by atoms with Gasteiger partial charge in [0.05, 0.1) is 12.2 Å². The van der Waals surface area contributed by atoms with Crippen LogP contribution in [0.5, 0.6) is 0 Å². The van der Waals surface area contributed by atoms with Crippen molar-refractivity contribution in [1.82, 2.24) is 20.3 Å². The molecule has 3 rings (SSSR count). The summed E-state index contributed by atoms with van der Waals surface area (Å²) < 4.78 is 0. The highest BCUT2D eigenvalue weighted by Gasteiger charge is 2.11. The fourth-order valence-electron chi connectivity index (χ4n) is 2.34. The average Bonchev–Trinajstić information content (AvgIpc) is 2.62. The van der Waals surface area contributed by atoms with Gasteiger partial charge in [0.2, 0.25) is 5.95 Å². The number of nitrogens with one attached hydrogen (secondary N) is 2. The molecule has 2 heterocycles. The van der Waals surface area contributed by atoms with E-state index in [0.29, 0.717) is 23.9 Å². The Balaban J connectivity index is 1.74. The molecular weight excluding hydrogens is 314 g/mol. The second-order valence-corrected chi connectivity index (χ2v) is 5.66. The van der Waals surface area contributed by atoms with E-state index in [1.54, 1.807) is 12.3 Å². The summed E-state index contributed by atoms with van der Waals surface area (Å²) >= 11 is 0. The molecule has 6 heteroatoms. The number of aromatic nitrogens is 3. The van der Waals surface area contributed by atoms with E-state index in [2.05, 4.69) is 25.6 Å². The molecule has 2 aromatic heterocycles.